The standard InChI is InChI=1S/C19H25N3O4S/c23-18-13-15-12-16(6-7-17(15)20-18)27(25,26)22-10-8-21(9-11-22)19(24)14-4-2-1-3-5-14/h6-7,12,14H,1-5,8-11,13H2,(H,20,23). The monoisotopic (exact) mass is 391 g/mol. The summed E-state index contributed by atoms with van der Waals surface area (Å²) >= 11 is 0. The summed E-state index contributed by atoms with van der Waals surface area (Å²) in [5.74, 6) is 0.187. The fourth-order valence-electron chi connectivity index (χ4n) is 4.27. The van der Waals surface area contributed by atoms with E-state index in [9.17, 15) is 18.0 Å². The number of carbonyl (C=O) groups excluding carboxylic acids is 2. The molecule has 3 aliphatic rings. The molecule has 0 radical (unpaired) electrons. The van der Waals surface area contributed by atoms with Gasteiger partial charge in [0.25, 0.3) is 0 Å². The number of fused-ring (bicyclic) bond motifs is 1. The minimum atomic E-state index is -3.62. The van der Waals surface area contributed by atoms with Crippen LogP contribution in [0.5, 0.6) is 0 Å². The Morgan fingerprint density at radius 3 is 2.44 bits per heavy atom. The highest BCUT2D eigenvalue weighted by Gasteiger charge is 2.33. The Bertz CT molecular complexity index is 854. The smallest absolute Gasteiger partial charge is 0.243 e. The lowest BCUT2D eigenvalue weighted by Gasteiger charge is -2.36. The van der Waals surface area contributed by atoms with Crippen molar-refractivity contribution in [1.82, 2.24) is 9.21 Å². The van der Waals surface area contributed by atoms with Crippen LogP contribution in [-0.4, -0.2) is 55.6 Å². The highest BCUT2D eigenvalue weighted by Crippen LogP contribution is 2.29. The highest BCUT2D eigenvalue weighted by molar-refractivity contribution is 7.89. The van der Waals surface area contributed by atoms with Crippen LogP contribution in [0.4, 0.5) is 5.69 Å². The highest BCUT2D eigenvalue weighted by atomic mass is 32.2. The molecule has 1 saturated carbocycles. The molecular weight excluding hydrogens is 366 g/mol. The van der Waals surface area contributed by atoms with Crippen molar-refractivity contribution in [3.63, 3.8) is 0 Å². The van der Waals surface area contributed by atoms with Gasteiger partial charge in [0.1, 0.15) is 0 Å². The summed E-state index contributed by atoms with van der Waals surface area (Å²) < 4.78 is 27.4. The lowest BCUT2D eigenvalue weighted by atomic mass is 9.88. The Kier molecular flexibility index (Phi) is 4.94. The van der Waals surface area contributed by atoms with Gasteiger partial charge in [-0.15, -0.1) is 0 Å². The molecule has 0 spiro atoms. The van der Waals surface area contributed by atoms with Gasteiger partial charge in [-0.05, 0) is 36.6 Å². The Balaban J connectivity index is 1.42. The van der Waals surface area contributed by atoms with Gasteiger partial charge in [0.05, 0.1) is 11.3 Å². The van der Waals surface area contributed by atoms with E-state index >= 15 is 0 Å². The van der Waals surface area contributed by atoms with Gasteiger partial charge in [-0.25, -0.2) is 8.42 Å². The predicted molar refractivity (Wildman–Crippen MR) is 101 cm³/mol. The minimum absolute atomic E-state index is 0.114. The molecule has 2 heterocycles. The first-order chi connectivity index (χ1) is 12.9. The number of anilines is 1. The van der Waals surface area contributed by atoms with Crippen LogP contribution in [-0.2, 0) is 26.0 Å². The Labute approximate surface area is 159 Å². The largest absolute Gasteiger partial charge is 0.340 e. The molecule has 27 heavy (non-hydrogen) atoms. The van der Waals surface area contributed by atoms with E-state index in [1.165, 1.54) is 10.7 Å². The maximum absolute atomic E-state index is 13.0. The van der Waals surface area contributed by atoms with E-state index in [0.717, 1.165) is 25.7 Å². The van der Waals surface area contributed by atoms with E-state index in [-0.39, 0.29) is 29.0 Å². The molecule has 4 rings (SSSR count). The van der Waals surface area contributed by atoms with Crippen LogP contribution in [0.25, 0.3) is 0 Å². The van der Waals surface area contributed by atoms with Gasteiger partial charge in [-0.1, -0.05) is 19.3 Å². The van der Waals surface area contributed by atoms with Crippen molar-refractivity contribution >= 4 is 27.5 Å². The quantitative estimate of drug-likeness (QED) is 0.848. The molecule has 1 N–H and O–H groups in total. The number of hydrogen-bond donors (Lipinski definition) is 1. The number of benzene rings is 1. The van der Waals surface area contributed by atoms with Crippen LogP contribution in [0.2, 0.25) is 0 Å². The van der Waals surface area contributed by atoms with Crippen molar-refractivity contribution in [2.45, 2.75) is 43.4 Å². The molecule has 2 fully saturated rings. The summed E-state index contributed by atoms with van der Waals surface area (Å²) in [7, 11) is -3.62. The number of hydrogen-bond acceptors (Lipinski definition) is 4. The van der Waals surface area contributed by atoms with E-state index in [0.29, 0.717) is 37.4 Å². The second-order valence-electron chi connectivity index (χ2n) is 7.61. The number of carbonyl (C=O) groups is 2. The second-order valence-corrected chi connectivity index (χ2v) is 9.55. The fraction of sp³-hybridized carbons (Fsp3) is 0.579. The van der Waals surface area contributed by atoms with Crippen LogP contribution in [0.3, 0.4) is 0 Å². The van der Waals surface area contributed by atoms with Gasteiger partial charge in [0, 0.05) is 37.8 Å². The minimum Gasteiger partial charge on any atom is -0.340 e. The Morgan fingerprint density at radius 1 is 1.04 bits per heavy atom. The lowest BCUT2D eigenvalue weighted by Crippen LogP contribution is -2.52. The molecule has 0 unspecified atom stereocenters. The van der Waals surface area contributed by atoms with Gasteiger partial charge in [-0.3, -0.25) is 9.59 Å². The maximum Gasteiger partial charge on any atom is 0.243 e. The summed E-state index contributed by atoms with van der Waals surface area (Å²) in [6.45, 7) is 1.52. The summed E-state index contributed by atoms with van der Waals surface area (Å²) in [6.07, 6.45) is 5.55. The summed E-state index contributed by atoms with van der Waals surface area (Å²) in [4.78, 5) is 26.2. The van der Waals surface area contributed by atoms with Crippen LogP contribution in [0.1, 0.15) is 37.7 Å². The molecule has 1 saturated heterocycles. The molecule has 1 aliphatic carbocycles. The number of piperazine rings is 1. The third-order valence-corrected chi connectivity index (χ3v) is 7.74. The van der Waals surface area contributed by atoms with Crippen molar-refractivity contribution < 1.29 is 18.0 Å². The average Bonchev–Trinajstić information content (AvgIpc) is 3.07. The zero-order valence-electron chi connectivity index (χ0n) is 15.3. The van der Waals surface area contributed by atoms with Gasteiger partial charge in [-0.2, -0.15) is 4.31 Å². The molecule has 7 nitrogen and oxygen atoms in total. The summed E-state index contributed by atoms with van der Waals surface area (Å²) in [6, 6.07) is 4.78. The van der Waals surface area contributed by atoms with Crippen molar-refractivity contribution in [2.24, 2.45) is 5.92 Å². The van der Waals surface area contributed by atoms with Crippen LogP contribution in [0, 0.1) is 5.92 Å². The van der Waals surface area contributed by atoms with Crippen molar-refractivity contribution in [3.05, 3.63) is 23.8 Å². The first-order valence-corrected chi connectivity index (χ1v) is 11.1. The molecule has 0 bridgehead atoms. The number of rotatable bonds is 3. The summed E-state index contributed by atoms with van der Waals surface area (Å²) in [5, 5.41) is 2.71. The van der Waals surface area contributed by atoms with Crippen molar-refractivity contribution in [2.75, 3.05) is 31.5 Å². The van der Waals surface area contributed by atoms with Gasteiger partial charge in [0.15, 0.2) is 0 Å². The number of amides is 2. The molecule has 2 amide bonds. The average molecular weight is 391 g/mol. The number of nitrogens with one attached hydrogen (secondary N) is 1. The normalized spacial score (nSPS) is 21.8. The first-order valence-electron chi connectivity index (χ1n) is 9.67. The Hall–Kier alpha value is -1.93. The third-order valence-electron chi connectivity index (χ3n) is 5.84. The van der Waals surface area contributed by atoms with E-state index in [1.807, 2.05) is 4.90 Å². The second kappa shape index (κ2) is 7.24. The molecule has 2 aliphatic heterocycles. The van der Waals surface area contributed by atoms with Crippen LogP contribution < -0.4 is 5.32 Å². The van der Waals surface area contributed by atoms with Crippen molar-refractivity contribution in [1.29, 1.82) is 0 Å². The van der Waals surface area contributed by atoms with Gasteiger partial charge in [0.2, 0.25) is 21.8 Å². The maximum atomic E-state index is 13.0. The fourth-order valence-corrected chi connectivity index (χ4v) is 5.75. The van der Waals surface area contributed by atoms with E-state index in [2.05, 4.69) is 5.32 Å². The lowest BCUT2D eigenvalue weighted by molar-refractivity contribution is -0.137. The zero-order chi connectivity index (χ0) is 19.0. The van der Waals surface area contributed by atoms with Crippen LogP contribution >= 0.6 is 0 Å². The first kappa shape index (κ1) is 18.4. The number of sulfonamides is 1. The van der Waals surface area contributed by atoms with E-state index in [1.54, 1.807) is 18.2 Å². The van der Waals surface area contributed by atoms with E-state index < -0.39 is 10.0 Å². The molecular formula is C19H25N3O4S. The molecule has 0 aromatic heterocycles. The van der Waals surface area contributed by atoms with Crippen molar-refractivity contribution in [3.8, 4) is 0 Å². The van der Waals surface area contributed by atoms with Gasteiger partial charge >= 0.3 is 0 Å². The topological polar surface area (TPSA) is 86.8 Å². The van der Waals surface area contributed by atoms with E-state index in [4.69, 9.17) is 0 Å². The molecule has 0 atom stereocenters. The Morgan fingerprint density at radius 2 is 1.74 bits per heavy atom. The van der Waals surface area contributed by atoms with Crippen LogP contribution in [0.15, 0.2) is 23.1 Å². The third kappa shape index (κ3) is 3.60. The molecule has 1 aromatic carbocycles. The molecule has 8 heteroatoms. The van der Waals surface area contributed by atoms with Gasteiger partial charge < -0.3 is 10.2 Å². The predicted octanol–water partition coefficient (Wildman–Crippen LogP) is 1.59. The molecule has 146 valence electrons. The summed E-state index contributed by atoms with van der Waals surface area (Å²) in [5.41, 5.74) is 1.40. The SMILES string of the molecule is O=C1Cc2cc(S(=O)(=O)N3CCN(C(=O)C4CCCCC4)CC3)ccc2N1. The zero-order valence-corrected chi connectivity index (χ0v) is 16.1. The number of nitrogens with zero attached hydrogens (tertiary/aromatic N) is 2. The molecule has 1 aromatic rings.